The van der Waals surface area contributed by atoms with Crippen LogP contribution in [0.1, 0.15) is 57.8 Å². The second-order valence-electron chi connectivity index (χ2n) is 4.51. The van der Waals surface area contributed by atoms with Gasteiger partial charge in [-0.1, -0.05) is 25.7 Å². The van der Waals surface area contributed by atoms with Crippen molar-refractivity contribution in [3.63, 3.8) is 0 Å². The van der Waals surface area contributed by atoms with Gasteiger partial charge in [0.1, 0.15) is 0 Å². The predicted octanol–water partition coefficient (Wildman–Crippen LogP) is 1.53. The molecule has 0 bridgehead atoms. The Labute approximate surface area is 106 Å². The van der Waals surface area contributed by atoms with Crippen molar-refractivity contribution in [3.8, 4) is 0 Å². The largest absolute Gasteiger partial charge is 0.356 e. The molecule has 5 N–H and O–H groups in total. The highest BCUT2D eigenvalue weighted by atomic mass is 16.1. The number of amides is 1. The number of carbonyl (C=O) groups excluding carboxylic acids is 1. The molecule has 0 aliphatic heterocycles. The van der Waals surface area contributed by atoms with E-state index in [0.717, 1.165) is 38.8 Å². The molecular formula is C13H29N3O. The van der Waals surface area contributed by atoms with E-state index in [9.17, 15) is 4.79 Å². The fraction of sp³-hybridized carbons (Fsp3) is 0.923. The molecule has 0 aliphatic rings. The summed E-state index contributed by atoms with van der Waals surface area (Å²) >= 11 is 0. The van der Waals surface area contributed by atoms with Gasteiger partial charge in [-0.25, -0.2) is 0 Å². The number of hydrogen-bond acceptors (Lipinski definition) is 3. The van der Waals surface area contributed by atoms with Gasteiger partial charge in [-0.15, -0.1) is 0 Å². The van der Waals surface area contributed by atoms with Crippen LogP contribution >= 0.6 is 0 Å². The lowest BCUT2D eigenvalue weighted by Crippen LogP contribution is -2.24. The molecule has 0 spiro atoms. The van der Waals surface area contributed by atoms with Crippen LogP contribution in [0.2, 0.25) is 0 Å². The van der Waals surface area contributed by atoms with Gasteiger partial charge in [-0.2, -0.15) is 0 Å². The zero-order valence-electron chi connectivity index (χ0n) is 11.0. The number of carbonyl (C=O) groups is 1. The molecule has 0 saturated carbocycles. The quantitative estimate of drug-likeness (QED) is 0.455. The zero-order chi connectivity index (χ0) is 12.8. The molecule has 0 rings (SSSR count). The summed E-state index contributed by atoms with van der Waals surface area (Å²) in [6.45, 7) is 2.30. The van der Waals surface area contributed by atoms with Crippen molar-refractivity contribution in [2.24, 2.45) is 11.5 Å². The summed E-state index contributed by atoms with van der Waals surface area (Å²) in [4.78, 5) is 11.3. The van der Waals surface area contributed by atoms with Crippen LogP contribution in [0.25, 0.3) is 0 Å². The van der Waals surface area contributed by atoms with Crippen molar-refractivity contribution >= 4 is 5.91 Å². The lowest BCUT2D eigenvalue weighted by atomic mass is 10.1. The van der Waals surface area contributed by atoms with E-state index in [1.165, 1.54) is 25.7 Å². The SMILES string of the molecule is NCCCCCCCCNC(=O)CCCCN. The van der Waals surface area contributed by atoms with Crippen LogP contribution in [0.5, 0.6) is 0 Å². The molecule has 0 unspecified atom stereocenters. The van der Waals surface area contributed by atoms with E-state index >= 15 is 0 Å². The summed E-state index contributed by atoms with van der Waals surface area (Å²) in [5.74, 6) is 0.168. The first-order valence-corrected chi connectivity index (χ1v) is 6.98. The van der Waals surface area contributed by atoms with Crippen molar-refractivity contribution in [3.05, 3.63) is 0 Å². The average molecular weight is 243 g/mol. The lowest BCUT2D eigenvalue weighted by molar-refractivity contribution is -0.121. The highest BCUT2D eigenvalue weighted by Gasteiger charge is 1.99. The maximum absolute atomic E-state index is 11.3. The van der Waals surface area contributed by atoms with Gasteiger partial charge >= 0.3 is 0 Å². The molecule has 0 heterocycles. The number of nitrogens with one attached hydrogen (secondary N) is 1. The van der Waals surface area contributed by atoms with Crippen LogP contribution in [0, 0.1) is 0 Å². The Morgan fingerprint density at radius 2 is 1.29 bits per heavy atom. The molecule has 0 aromatic carbocycles. The summed E-state index contributed by atoms with van der Waals surface area (Å²) in [7, 11) is 0. The molecule has 4 heteroatoms. The van der Waals surface area contributed by atoms with Crippen molar-refractivity contribution < 1.29 is 4.79 Å². The van der Waals surface area contributed by atoms with Crippen molar-refractivity contribution in [2.45, 2.75) is 57.8 Å². The summed E-state index contributed by atoms with van der Waals surface area (Å²) < 4.78 is 0. The highest BCUT2D eigenvalue weighted by molar-refractivity contribution is 5.75. The van der Waals surface area contributed by atoms with Crippen LogP contribution in [-0.4, -0.2) is 25.5 Å². The van der Waals surface area contributed by atoms with Gasteiger partial charge in [0.2, 0.25) is 5.91 Å². The van der Waals surface area contributed by atoms with Crippen molar-refractivity contribution in [1.82, 2.24) is 5.32 Å². The van der Waals surface area contributed by atoms with Gasteiger partial charge in [0.25, 0.3) is 0 Å². The fourth-order valence-electron chi connectivity index (χ4n) is 1.72. The van der Waals surface area contributed by atoms with Crippen LogP contribution < -0.4 is 16.8 Å². The molecule has 0 atom stereocenters. The van der Waals surface area contributed by atoms with Gasteiger partial charge in [-0.05, 0) is 38.8 Å². The maximum Gasteiger partial charge on any atom is 0.219 e. The Kier molecular flexibility index (Phi) is 13.0. The third kappa shape index (κ3) is 13.3. The molecule has 17 heavy (non-hydrogen) atoms. The van der Waals surface area contributed by atoms with Crippen LogP contribution in [-0.2, 0) is 4.79 Å². The first-order chi connectivity index (χ1) is 8.31. The van der Waals surface area contributed by atoms with E-state index in [-0.39, 0.29) is 5.91 Å². The molecule has 102 valence electrons. The molecule has 0 radical (unpaired) electrons. The van der Waals surface area contributed by atoms with E-state index < -0.39 is 0 Å². The fourth-order valence-corrected chi connectivity index (χ4v) is 1.72. The third-order valence-electron chi connectivity index (χ3n) is 2.81. The Bertz CT molecular complexity index is 174. The first-order valence-electron chi connectivity index (χ1n) is 6.98. The average Bonchev–Trinajstić information content (AvgIpc) is 2.33. The summed E-state index contributed by atoms with van der Waals surface area (Å²) in [5, 5.41) is 2.94. The number of rotatable bonds is 12. The standard InChI is InChI=1S/C13H29N3O/c14-10-6-3-1-2-4-8-12-16-13(17)9-5-7-11-15/h1-12,14-15H2,(H,16,17). The van der Waals surface area contributed by atoms with Gasteiger partial charge in [0.05, 0.1) is 0 Å². The number of unbranched alkanes of at least 4 members (excludes halogenated alkanes) is 6. The van der Waals surface area contributed by atoms with Gasteiger partial charge in [0, 0.05) is 13.0 Å². The van der Waals surface area contributed by atoms with Crippen LogP contribution in [0.3, 0.4) is 0 Å². The summed E-state index contributed by atoms with van der Waals surface area (Å²) in [6, 6.07) is 0. The maximum atomic E-state index is 11.3. The molecule has 0 aromatic heterocycles. The van der Waals surface area contributed by atoms with E-state index in [1.54, 1.807) is 0 Å². The Balaban J connectivity index is 3.08. The van der Waals surface area contributed by atoms with Crippen LogP contribution in [0.15, 0.2) is 0 Å². The first kappa shape index (κ1) is 16.4. The number of hydrogen-bond donors (Lipinski definition) is 3. The predicted molar refractivity (Wildman–Crippen MR) is 72.7 cm³/mol. The van der Waals surface area contributed by atoms with Crippen LogP contribution in [0.4, 0.5) is 0 Å². The van der Waals surface area contributed by atoms with E-state index in [2.05, 4.69) is 5.32 Å². The molecular weight excluding hydrogens is 214 g/mol. The highest BCUT2D eigenvalue weighted by Crippen LogP contribution is 2.04. The second kappa shape index (κ2) is 13.5. The number of nitrogens with two attached hydrogens (primary N) is 2. The Hall–Kier alpha value is -0.610. The van der Waals surface area contributed by atoms with E-state index in [1.807, 2.05) is 0 Å². The molecule has 0 fully saturated rings. The second-order valence-corrected chi connectivity index (χ2v) is 4.51. The molecule has 1 amide bonds. The minimum Gasteiger partial charge on any atom is -0.356 e. The molecule has 0 aliphatic carbocycles. The molecule has 0 saturated heterocycles. The van der Waals surface area contributed by atoms with Gasteiger partial charge in [0.15, 0.2) is 0 Å². The van der Waals surface area contributed by atoms with Crippen molar-refractivity contribution in [2.75, 3.05) is 19.6 Å². The smallest absolute Gasteiger partial charge is 0.219 e. The van der Waals surface area contributed by atoms with Crippen molar-refractivity contribution in [1.29, 1.82) is 0 Å². The Morgan fingerprint density at radius 1 is 0.765 bits per heavy atom. The van der Waals surface area contributed by atoms with E-state index in [0.29, 0.717) is 13.0 Å². The zero-order valence-corrected chi connectivity index (χ0v) is 11.0. The molecule has 4 nitrogen and oxygen atoms in total. The lowest BCUT2D eigenvalue weighted by Gasteiger charge is -2.05. The minimum absolute atomic E-state index is 0.168. The topological polar surface area (TPSA) is 81.1 Å². The van der Waals surface area contributed by atoms with Gasteiger partial charge < -0.3 is 16.8 Å². The Morgan fingerprint density at radius 3 is 1.94 bits per heavy atom. The normalized spacial score (nSPS) is 10.5. The summed E-state index contributed by atoms with van der Waals surface area (Å²) in [5.41, 5.74) is 10.8. The van der Waals surface area contributed by atoms with E-state index in [4.69, 9.17) is 11.5 Å². The monoisotopic (exact) mass is 243 g/mol. The minimum atomic E-state index is 0.168. The third-order valence-corrected chi connectivity index (χ3v) is 2.81. The summed E-state index contributed by atoms with van der Waals surface area (Å²) in [6.07, 6.45) is 9.65. The molecule has 0 aromatic rings. The van der Waals surface area contributed by atoms with Gasteiger partial charge in [-0.3, -0.25) is 4.79 Å².